The number of alkyl halides is 3. The highest BCUT2D eigenvalue weighted by Crippen LogP contribution is 2.28. The third-order valence-electron chi connectivity index (χ3n) is 2.26. The van der Waals surface area contributed by atoms with Crippen LogP contribution >= 0.6 is 0 Å². The number of hydrogen-bond acceptors (Lipinski definition) is 3. The summed E-state index contributed by atoms with van der Waals surface area (Å²) in [4.78, 5) is 0. The zero-order chi connectivity index (χ0) is 13.8. The predicted octanol–water partition coefficient (Wildman–Crippen LogP) is 3.42. The Morgan fingerprint density at radius 1 is 1.39 bits per heavy atom. The Morgan fingerprint density at radius 2 is 2.06 bits per heavy atom. The number of nitrogens with one attached hydrogen (secondary N) is 1. The SMILES string of the molecule is CCOc1cc(NC(C)CC(F)(F)F)ccc1N. The van der Waals surface area contributed by atoms with Gasteiger partial charge in [0.25, 0.3) is 0 Å². The fourth-order valence-corrected chi connectivity index (χ4v) is 1.59. The molecule has 1 rings (SSSR count). The minimum Gasteiger partial charge on any atom is -0.492 e. The van der Waals surface area contributed by atoms with Crippen LogP contribution in [0, 0.1) is 0 Å². The van der Waals surface area contributed by atoms with E-state index in [2.05, 4.69) is 5.32 Å². The molecule has 0 aliphatic carbocycles. The van der Waals surface area contributed by atoms with Gasteiger partial charge in [-0.1, -0.05) is 0 Å². The van der Waals surface area contributed by atoms with Crippen molar-refractivity contribution in [3.05, 3.63) is 18.2 Å². The molecule has 1 aromatic rings. The number of hydrogen-bond donors (Lipinski definition) is 2. The maximum atomic E-state index is 12.2. The van der Waals surface area contributed by atoms with Crippen LogP contribution in [0.25, 0.3) is 0 Å². The molecule has 0 amide bonds. The van der Waals surface area contributed by atoms with Crippen molar-refractivity contribution in [1.82, 2.24) is 0 Å². The molecule has 18 heavy (non-hydrogen) atoms. The highest BCUT2D eigenvalue weighted by Gasteiger charge is 2.29. The van der Waals surface area contributed by atoms with E-state index >= 15 is 0 Å². The highest BCUT2D eigenvalue weighted by molar-refractivity contribution is 5.61. The average Bonchev–Trinajstić information content (AvgIpc) is 2.20. The van der Waals surface area contributed by atoms with E-state index in [0.29, 0.717) is 23.7 Å². The maximum Gasteiger partial charge on any atom is 0.391 e. The normalized spacial score (nSPS) is 13.2. The monoisotopic (exact) mass is 262 g/mol. The van der Waals surface area contributed by atoms with Crippen LogP contribution in [0.4, 0.5) is 24.5 Å². The lowest BCUT2D eigenvalue weighted by atomic mass is 10.2. The van der Waals surface area contributed by atoms with Crippen molar-refractivity contribution in [2.75, 3.05) is 17.7 Å². The Morgan fingerprint density at radius 3 is 2.61 bits per heavy atom. The van der Waals surface area contributed by atoms with Crippen LogP contribution in [0.15, 0.2) is 18.2 Å². The Kier molecular flexibility index (Phi) is 4.69. The van der Waals surface area contributed by atoms with Gasteiger partial charge in [0.2, 0.25) is 0 Å². The number of halogens is 3. The van der Waals surface area contributed by atoms with Crippen LogP contribution in [0.1, 0.15) is 20.3 Å². The largest absolute Gasteiger partial charge is 0.492 e. The van der Waals surface area contributed by atoms with Crippen LogP contribution < -0.4 is 15.8 Å². The second kappa shape index (κ2) is 5.84. The van der Waals surface area contributed by atoms with Gasteiger partial charge in [0.15, 0.2) is 0 Å². The molecule has 0 spiro atoms. The third kappa shape index (κ3) is 4.73. The van der Waals surface area contributed by atoms with Crippen molar-refractivity contribution in [1.29, 1.82) is 0 Å². The van der Waals surface area contributed by atoms with Gasteiger partial charge < -0.3 is 15.8 Å². The molecule has 0 heterocycles. The number of nitrogens with two attached hydrogens (primary N) is 1. The van der Waals surface area contributed by atoms with E-state index in [-0.39, 0.29) is 0 Å². The van der Waals surface area contributed by atoms with Gasteiger partial charge in [-0.2, -0.15) is 13.2 Å². The number of benzene rings is 1. The topological polar surface area (TPSA) is 47.3 Å². The molecule has 0 aliphatic rings. The van der Waals surface area contributed by atoms with E-state index in [1.165, 1.54) is 6.92 Å². The van der Waals surface area contributed by atoms with Crippen molar-refractivity contribution in [3.8, 4) is 5.75 Å². The van der Waals surface area contributed by atoms with Gasteiger partial charge in [0, 0.05) is 17.8 Å². The molecule has 0 radical (unpaired) electrons. The molecule has 3 nitrogen and oxygen atoms in total. The summed E-state index contributed by atoms with van der Waals surface area (Å²) in [7, 11) is 0. The Labute approximate surface area is 104 Å². The van der Waals surface area contributed by atoms with Crippen molar-refractivity contribution in [3.63, 3.8) is 0 Å². The molecule has 0 fully saturated rings. The number of rotatable bonds is 5. The van der Waals surface area contributed by atoms with Gasteiger partial charge >= 0.3 is 6.18 Å². The standard InChI is InChI=1S/C12H17F3N2O/c1-3-18-11-6-9(4-5-10(11)16)17-8(2)7-12(13,14)15/h4-6,8,17H,3,7,16H2,1-2H3. The third-order valence-corrected chi connectivity index (χ3v) is 2.26. The van der Waals surface area contributed by atoms with E-state index < -0.39 is 18.6 Å². The van der Waals surface area contributed by atoms with Crippen LogP contribution in [0.2, 0.25) is 0 Å². The average molecular weight is 262 g/mol. The summed E-state index contributed by atoms with van der Waals surface area (Å²) in [6.45, 7) is 3.74. The molecule has 3 N–H and O–H groups in total. The molecule has 1 aromatic carbocycles. The van der Waals surface area contributed by atoms with Gasteiger partial charge in [0.1, 0.15) is 5.75 Å². The Balaban J connectivity index is 2.70. The smallest absolute Gasteiger partial charge is 0.391 e. The van der Waals surface area contributed by atoms with Crippen molar-refractivity contribution in [2.45, 2.75) is 32.5 Å². The summed E-state index contributed by atoms with van der Waals surface area (Å²) in [5.41, 5.74) is 6.70. The zero-order valence-corrected chi connectivity index (χ0v) is 10.3. The van der Waals surface area contributed by atoms with E-state index in [1.54, 1.807) is 18.2 Å². The molecule has 1 atom stereocenters. The first kappa shape index (κ1) is 14.5. The molecule has 0 bridgehead atoms. The minimum atomic E-state index is -4.18. The summed E-state index contributed by atoms with van der Waals surface area (Å²) < 4.78 is 41.8. The van der Waals surface area contributed by atoms with Gasteiger partial charge in [0.05, 0.1) is 18.7 Å². The number of anilines is 2. The van der Waals surface area contributed by atoms with Gasteiger partial charge in [-0.3, -0.25) is 0 Å². The molecule has 0 aromatic heterocycles. The quantitative estimate of drug-likeness (QED) is 0.799. The molecule has 0 saturated carbocycles. The fourth-order valence-electron chi connectivity index (χ4n) is 1.59. The zero-order valence-electron chi connectivity index (χ0n) is 10.3. The second-order valence-corrected chi connectivity index (χ2v) is 4.05. The molecule has 0 aliphatic heterocycles. The van der Waals surface area contributed by atoms with Gasteiger partial charge in [-0.15, -0.1) is 0 Å². The van der Waals surface area contributed by atoms with Crippen molar-refractivity contribution >= 4 is 11.4 Å². The molecule has 1 unspecified atom stereocenters. The van der Waals surface area contributed by atoms with Crippen LogP contribution in [0.5, 0.6) is 5.75 Å². The minimum absolute atomic E-state index is 0.450. The van der Waals surface area contributed by atoms with E-state index in [0.717, 1.165) is 0 Å². The lowest BCUT2D eigenvalue weighted by Gasteiger charge is -2.18. The van der Waals surface area contributed by atoms with Crippen LogP contribution in [-0.4, -0.2) is 18.8 Å². The lowest BCUT2D eigenvalue weighted by Crippen LogP contribution is -2.23. The highest BCUT2D eigenvalue weighted by atomic mass is 19.4. The second-order valence-electron chi connectivity index (χ2n) is 4.05. The summed E-state index contributed by atoms with van der Waals surface area (Å²) in [5, 5.41) is 2.77. The van der Waals surface area contributed by atoms with E-state index in [9.17, 15) is 13.2 Å². The Bertz CT molecular complexity index is 393. The Hall–Kier alpha value is -1.59. The molecular weight excluding hydrogens is 245 g/mol. The summed E-state index contributed by atoms with van der Waals surface area (Å²) in [6, 6.07) is 4.13. The fraction of sp³-hybridized carbons (Fsp3) is 0.500. The van der Waals surface area contributed by atoms with E-state index in [1.807, 2.05) is 6.92 Å². The molecule has 6 heteroatoms. The first-order chi connectivity index (χ1) is 8.31. The first-order valence-electron chi connectivity index (χ1n) is 5.67. The molecule has 0 saturated heterocycles. The maximum absolute atomic E-state index is 12.2. The van der Waals surface area contributed by atoms with Gasteiger partial charge in [-0.05, 0) is 26.0 Å². The number of ether oxygens (including phenoxy) is 1. The number of nitrogen functional groups attached to an aromatic ring is 1. The predicted molar refractivity (Wildman–Crippen MR) is 65.8 cm³/mol. The van der Waals surface area contributed by atoms with E-state index in [4.69, 9.17) is 10.5 Å². The summed E-state index contributed by atoms with van der Waals surface area (Å²) >= 11 is 0. The van der Waals surface area contributed by atoms with Gasteiger partial charge in [-0.25, -0.2) is 0 Å². The van der Waals surface area contributed by atoms with Crippen molar-refractivity contribution in [2.24, 2.45) is 0 Å². The lowest BCUT2D eigenvalue weighted by molar-refractivity contribution is -0.136. The first-order valence-corrected chi connectivity index (χ1v) is 5.67. The van der Waals surface area contributed by atoms with Crippen LogP contribution in [-0.2, 0) is 0 Å². The summed E-state index contributed by atoms with van der Waals surface area (Å²) in [6.07, 6.45) is -5.07. The molecule has 102 valence electrons. The summed E-state index contributed by atoms with van der Waals surface area (Å²) in [5.74, 6) is 0.474. The molecular formula is C12H17F3N2O. The van der Waals surface area contributed by atoms with Crippen LogP contribution in [0.3, 0.4) is 0 Å². The van der Waals surface area contributed by atoms with Crippen molar-refractivity contribution < 1.29 is 17.9 Å².